The molecule has 2 N–H and O–H groups in total. The zero-order valence-electron chi connectivity index (χ0n) is 11.5. The summed E-state index contributed by atoms with van der Waals surface area (Å²) in [5, 5.41) is 8.67. The molecule has 108 valence electrons. The Bertz CT molecular complexity index is 516. The van der Waals surface area contributed by atoms with Crippen molar-refractivity contribution < 1.29 is 19.5 Å². The number of hydrogen-bond donors (Lipinski definition) is 2. The molecule has 2 rings (SSSR count). The second kappa shape index (κ2) is 5.92. The van der Waals surface area contributed by atoms with E-state index in [1.165, 1.54) is 0 Å². The van der Waals surface area contributed by atoms with Crippen molar-refractivity contribution >= 4 is 12.3 Å². The van der Waals surface area contributed by atoms with Crippen LogP contribution in [-0.4, -0.2) is 35.1 Å². The molecule has 0 bridgehead atoms. The topological polar surface area (TPSA) is 78.9 Å². The number of hydroxylamine groups is 1. The lowest BCUT2D eigenvalue weighted by atomic mass is 10.1. The van der Waals surface area contributed by atoms with Gasteiger partial charge in [0.2, 0.25) is 6.41 Å². The molecule has 0 aliphatic carbocycles. The highest BCUT2D eigenvalue weighted by atomic mass is 16.5. The number of carbonyl (C=O) groups excluding carboxylic acids is 2. The molecule has 1 aliphatic rings. The lowest BCUT2D eigenvalue weighted by Gasteiger charge is -2.23. The summed E-state index contributed by atoms with van der Waals surface area (Å²) in [5.41, 5.74) is 2.75. The predicted molar refractivity (Wildman–Crippen MR) is 71.4 cm³/mol. The van der Waals surface area contributed by atoms with Crippen LogP contribution in [0.25, 0.3) is 0 Å². The van der Waals surface area contributed by atoms with Crippen molar-refractivity contribution in [3.05, 3.63) is 29.3 Å². The molecule has 0 saturated carbocycles. The van der Waals surface area contributed by atoms with Gasteiger partial charge in [0.25, 0.3) is 5.91 Å². The maximum Gasteiger partial charge on any atom is 0.274 e. The minimum Gasteiger partial charge on any atom is -0.488 e. The first-order valence-electron chi connectivity index (χ1n) is 6.48. The molecule has 1 aromatic rings. The van der Waals surface area contributed by atoms with Crippen LogP contribution in [0.2, 0.25) is 0 Å². The summed E-state index contributed by atoms with van der Waals surface area (Å²) in [5.74, 6) is 0.224. The molecule has 1 aliphatic heterocycles. The number of amides is 2. The number of ether oxygens (including phenoxy) is 1. The number of hydrogen-bond acceptors (Lipinski definition) is 4. The van der Waals surface area contributed by atoms with Gasteiger partial charge >= 0.3 is 0 Å². The Hall–Kier alpha value is -2.08. The molecule has 20 heavy (non-hydrogen) atoms. The van der Waals surface area contributed by atoms with Crippen LogP contribution in [0.15, 0.2) is 18.2 Å². The Kier molecular flexibility index (Phi) is 4.24. The zero-order chi connectivity index (χ0) is 14.7. The van der Waals surface area contributed by atoms with E-state index in [0.29, 0.717) is 24.4 Å². The third-order valence-electron chi connectivity index (χ3n) is 3.39. The minimum absolute atomic E-state index is 0.131. The molecule has 0 spiro atoms. The highest BCUT2D eigenvalue weighted by molar-refractivity contribution is 5.93. The van der Waals surface area contributed by atoms with Gasteiger partial charge in [0.15, 0.2) is 0 Å². The average Bonchev–Trinajstić information content (AvgIpc) is 2.64. The van der Waals surface area contributed by atoms with Crippen LogP contribution >= 0.6 is 0 Å². The molecule has 2 amide bonds. The highest BCUT2D eigenvalue weighted by Crippen LogP contribution is 2.28. The SMILES string of the molecule is CC(C)C1CN(C=O)Cc2ccc(C(=O)NO)cc2O1. The Balaban J connectivity index is 2.37. The normalized spacial score (nSPS) is 18.0. The molecule has 6 nitrogen and oxygen atoms in total. The number of fused-ring (bicyclic) bond motifs is 1. The van der Waals surface area contributed by atoms with Gasteiger partial charge in [-0.3, -0.25) is 14.8 Å². The Labute approximate surface area is 117 Å². The summed E-state index contributed by atoms with van der Waals surface area (Å²) < 4.78 is 5.92. The van der Waals surface area contributed by atoms with Gasteiger partial charge in [-0.05, 0) is 18.1 Å². The maximum atomic E-state index is 11.4. The van der Waals surface area contributed by atoms with Gasteiger partial charge in [-0.15, -0.1) is 0 Å². The second-order valence-corrected chi connectivity index (χ2v) is 5.20. The van der Waals surface area contributed by atoms with Gasteiger partial charge in [0, 0.05) is 17.7 Å². The van der Waals surface area contributed by atoms with E-state index in [9.17, 15) is 9.59 Å². The molecular weight excluding hydrogens is 260 g/mol. The maximum absolute atomic E-state index is 11.4. The van der Waals surface area contributed by atoms with Crippen LogP contribution in [-0.2, 0) is 11.3 Å². The third-order valence-corrected chi connectivity index (χ3v) is 3.39. The summed E-state index contributed by atoms with van der Waals surface area (Å²) in [7, 11) is 0. The molecule has 6 heteroatoms. The van der Waals surface area contributed by atoms with E-state index in [1.807, 2.05) is 13.8 Å². The van der Waals surface area contributed by atoms with Gasteiger partial charge in [-0.25, -0.2) is 5.48 Å². The molecular formula is C14H18N2O4. The van der Waals surface area contributed by atoms with E-state index in [0.717, 1.165) is 12.0 Å². The number of carbonyl (C=O) groups is 2. The molecule has 0 saturated heterocycles. The summed E-state index contributed by atoms with van der Waals surface area (Å²) in [6.45, 7) is 4.99. The average molecular weight is 278 g/mol. The summed E-state index contributed by atoms with van der Waals surface area (Å²) >= 11 is 0. The monoisotopic (exact) mass is 278 g/mol. The van der Waals surface area contributed by atoms with Gasteiger partial charge in [-0.1, -0.05) is 19.9 Å². The van der Waals surface area contributed by atoms with Crippen molar-refractivity contribution in [2.45, 2.75) is 26.5 Å². The van der Waals surface area contributed by atoms with Crippen molar-refractivity contribution in [3.63, 3.8) is 0 Å². The van der Waals surface area contributed by atoms with Crippen LogP contribution in [0, 0.1) is 5.92 Å². The summed E-state index contributed by atoms with van der Waals surface area (Å²) in [6.07, 6.45) is 0.677. The van der Waals surface area contributed by atoms with Crippen LogP contribution in [0.4, 0.5) is 0 Å². The van der Waals surface area contributed by atoms with Crippen LogP contribution in [0.1, 0.15) is 29.8 Å². The van der Waals surface area contributed by atoms with Crippen molar-refractivity contribution in [2.75, 3.05) is 6.54 Å². The van der Waals surface area contributed by atoms with Gasteiger partial charge < -0.3 is 9.64 Å². The van der Waals surface area contributed by atoms with Crippen LogP contribution in [0.3, 0.4) is 0 Å². The van der Waals surface area contributed by atoms with Crippen molar-refractivity contribution in [2.24, 2.45) is 5.92 Å². The quantitative estimate of drug-likeness (QED) is 0.494. The smallest absolute Gasteiger partial charge is 0.274 e. The second-order valence-electron chi connectivity index (χ2n) is 5.20. The lowest BCUT2D eigenvalue weighted by Crippen LogP contribution is -2.35. The number of nitrogens with one attached hydrogen (secondary N) is 1. The lowest BCUT2D eigenvalue weighted by molar-refractivity contribution is -0.119. The minimum atomic E-state index is -0.589. The fourth-order valence-corrected chi connectivity index (χ4v) is 2.14. The van der Waals surface area contributed by atoms with E-state index >= 15 is 0 Å². The third kappa shape index (κ3) is 2.91. The number of benzene rings is 1. The van der Waals surface area contributed by atoms with Gasteiger partial charge in [0.05, 0.1) is 6.54 Å². The molecule has 1 unspecified atom stereocenters. The van der Waals surface area contributed by atoms with E-state index in [-0.39, 0.29) is 12.0 Å². The Morgan fingerprint density at radius 2 is 2.30 bits per heavy atom. The molecule has 0 aromatic heterocycles. The largest absolute Gasteiger partial charge is 0.488 e. The molecule has 1 atom stereocenters. The first kappa shape index (κ1) is 14.3. The van der Waals surface area contributed by atoms with Crippen LogP contribution < -0.4 is 10.2 Å². The van der Waals surface area contributed by atoms with Gasteiger partial charge in [-0.2, -0.15) is 0 Å². The van der Waals surface area contributed by atoms with Crippen molar-refractivity contribution in [1.29, 1.82) is 0 Å². The molecule has 0 radical (unpaired) electrons. The predicted octanol–water partition coefficient (Wildman–Crippen LogP) is 1.18. The van der Waals surface area contributed by atoms with Gasteiger partial charge in [0.1, 0.15) is 11.9 Å². The summed E-state index contributed by atoms with van der Waals surface area (Å²) in [4.78, 5) is 24.2. The van der Waals surface area contributed by atoms with Crippen molar-refractivity contribution in [3.8, 4) is 5.75 Å². The first-order valence-corrected chi connectivity index (χ1v) is 6.48. The molecule has 1 heterocycles. The first-order chi connectivity index (χ1) is 9.55. The fraction of sp³-hybridized carbons (Fsp3) is 0.429. The van der Waals surface area contributed by atoms with E-state index < -0.39 is 5.91 Å². The molecule has 0 fully saturated rings. The zero-order valence-corrected chi connectivity index (χ0v) is 11.5. The van der Waals surface area contributed by atoms with E-state index in [2.05, 4.69) is 0 Å². The summed E-state index contributed by atoms with van der Waals surface area (Å²) in [6, 6.07) is 4.91. The Morgan fingerprint density at radius 1 is 1.55 bits per heavy atom. The number of rotatable bonds is 3. The fourth-order valence-electron chi connectivity index (χ4n) is 2.14. The van der Waals surface area contributed by atoms with E-state index in [1.54, 1.807) is 28.6 Å². The van der Waals surface area contributed by atoms with Crippen molar-refractivity contribution in [1.82, 2.24) is 10.4 Å². The number of nitrogens with zero attached hydrogens (tertiary/aromatic N) is 1. The highest BCUT2D eigenvalue weighted by Gasteiger charge is 2.25. The van der Waals surface area contributed by atoms with E-state index in [4.69, 9.17) is 9.94 Å². The van der Waals surface area contributed by atoms with Crippen LogP contribution in [0.5, 0.6) is 5.75 Å². The Morgan fingerprint density at radius 3 is 2.90 bits per heavy atom. The molecule has 1 aromatic carbocycles. The standard InChI is InChI=1S/C14H18N2O4/c1-9(2)13-7-16(8-17)6-11-4-3-10(14(18)15-19)5-12(11)20-13/h3-5,8-9,13,19H,6-7H2,1-2H3,(H,15,18).